The van der Waals surface area contributed by atoms with Crippen molar-refractivity contribution in [2.45, 2.75) is 13.0 Å². The molecule has 0 N–H and O–H groups in total. The molecular formula is C11H12F2N. The minimum atomic E-state index is -0.429. The number of halogens is 2. The maximum atomic E-state index is 13.3. The van der Waals surface area contributed by atoms with Crippen LogP contribution in [-0.2, 0) is 6.54 Å². The zero-order valence-electron chi connectivity index (χ0n) is 7.89. The highest BCUT2D eigenvalue weighted by molar-refractivity contribution is 5.32. The molecule has 0 aromatic heterocycles. The molecule has 1 saturated heterocycles. The summed E-state index contributed by atoms with van der Waals surface area (Å²) >= 11 is 0. The number of hydrogen-bond acceptors (Lipinski definition) is 1. The SMILES string of the molecule is [CH2]c1c(F)ccc(F)c1CN1CCC1. The molecule has 14 heavy (non-hydrogen) atoms. The van der Waals surface area contributed by atoms with Crippen molar-refractivity contribution in [3.05, 3.63) is 41.8 Å². The van der Waals surface area contributed by atoms with Crippen molar-refractivity contribution in [1.29, 1.82) is 0 Å². The van der Waals surface area contributed by atoms with Gasteiger partial charge in [-0.1, -0.05) is 0 Å². The summed E-state index contributed by atoms with van der Waals surface area (Å²) in [5.74, 6) is -0.787. The quantitative estimate of drug-likeness (QED) is 0.701. The molecule has 1 radical (unpaired) electrons. The molecular weight excluding hydrogens is 184 g/mol. The Morgan fingerprint density at radius 3 is 2.43 bits per heavy atom. The Morgan fingerprint density at radius 2 is 1.86 bits per heavy atom. The third-order valence-electron chi connectivity index (χ3n) is 2.65. The van der Waals surface area contributed by atoms with Crippen molar-refractivity contribution in [3.63, 3.8) is 0 Å². The van der Waals surface area contributed by atoms with E-state index in [0.29, 0.717) is 12.1 Å². The van der Waals surface area contributed by atoms with E-state index >= 15 is 0 Å². The first-order chi connectivity index (χ1) is 6.68. The lowest BCUT2D eigenvalue weighted by Crippen LogP contribution is -2.36. The van der Waals surface area contributed by atoms with Gasteiger partial charge in [-0.3, -0.25) is 4.90 Å². The lowest BCUT2D eigenvalue weighted by Gasteiger charge is -2.31. The van der Waals surface area contributed by atoms with Crippen LogP contribution in [0.2, 0.25) is 0 Å². The summed E-state index contributed by atoms with van der Waals surface area (Å²) in [7, 11) is 0. The van der Waals surface area contributed by atoms with Gasteiger partial charge in [-0.25, -0.2) is 8.78 Å². The first-order valence-electron chi connectivity index (χ1n) is 4.69. The number of hydrogen-bond donors (Lipinski definition) is 0. The molecule has 0 bridgehead atoms. The standard InChI is InChI=1S/C11H12F2N/c1-8-9(7-14-5-2-6-14)11(13)4-3-10(8)12/h3-4H,1-2,5-7H2. The van der Waals surface area contributed by atoms with Gasteiger partial charge in [0.15, 0.2) is 0 Å². The van der Waals surface area contributed by atoms with E-state index in [-0.39, 0.29) is 11.4 Å². The Hall–Kier alpha value is -0.960. The summed E-state index contributed by atoms with van der Waals surface area (Å²) in [5, 5.41) is 0. The molecule has 1 heterocycles. The second kappa shape index (κ2) is 3.65. The van der Waals surface area contributed by atoms with Gasteiger partial charge in [0.1, 0.15) is 11.6 Å². The summed E-state index contributed by atoms with van der Waals surface area (Å²) in [5.41, 5.74) is 0.585. The monoisotopic (exact) mass is 196 g/mol. The summed E-state index contributed by atoms with van der Waals surface area (Å²) in [6.45, 7) is 5.96. The smallest absolute Gasteiger partial charge is 0.128 e. The Kier molecular flexibility index (Phi) is 2.50. The fourth-order valence-electron chi connectivity index (χ4n) is 1.57. The molecule has 1 aliphatic heterocycles. The highest BCUT2D eigenvalue weighted by Crippen LogP contribution is 2.20. The zero-order chi connectivity index (χ0) is 10.1. The number of nitrogens with zero attached hydrogens (tertiary/aromatic N) is 1. The highest BCUT2D eigenvalue weighted by atomic mass is 19.1. The Morgan fingerprint density at radius 1 is 1.21 bits per heavy atom. The van der Waals surface area contributed by atoms with Crippen molar-refractivity contribution in [3.8, 4) is 0 Å². The molecule has 0 saturated carbocycles. The molecule has 1 nitrogen and oxygen atoms in total. The predicted octanol–water partition coefficient (Wildman–Crippen LogP) is 2.35. The molecule has 0 amide bonds. The van der Waals surface area contributed by atoms with Gasteiger partial charge in [0, 0.05) is 12.1 Å². The molecule has 3 heteroatoms. The third-order valence-corrected chi connectivity index (χ3v) is 2.65. The fourth-order valence-corrected chi connectivity index (χ4v) is 1.57. The number of benzene rings is 1. The van der Waals surface area contributed by atoms with Gasteiger partial charge in [0.05, 0.1) is 0 Å². The fraction of sp³-hybridized carbons (Fsp3) is 0.364. The normalized spacial score (nSPS) is 16.8. The molecule has 0 aliphatic carbocycles. The number of likely N-dealkylation sites (tertiary alicyclic amines) is 1. The minimum Gasteiger partial charge on any atom is -0.299 e. The van der Waals surface area contributed by atoms with Crippen LogP contribution in [-0.4, -0.2) is 18.0 Å². The van der Waals surface area contributed by atoms with Crippen molar-refractivity contribution in [2.24, 2.45) is 0 Å². The molecule has 75 valence electrons. The summed E-state index contributed by atoms with van der Waals surface area (Å²) < 4.78 is 26.4. The van der Waals surface area contributed by atoms with Crippen LogP contribution in [0.5, 0.6) is 0 Å². The van der Waals surface area contributed by atoms with Gasteiger partial charge in [0.2, 0.25) is 0 Å². The van der Waals surface area contributed by atoms with Gasteiger partial charge in [-0.05, 0) is 44.1 Å². The van der Waals surface area contributed by atoms with Crippen molar-refractivity contribution in [1.82, 2.24) is 4.90 Å². The molecule has 0 unspecified atom stereocenters. The van der Waals surface area contributed by atoms with Gasteiger partial charge in [0.25, 0.3) is 0 Å². The highest BCUT2D eigenvalue weighted by Gasteiger charge is 2.18. The summed E-state index contributed by atoms with van der Waals surface area (Å²) in [4.78, 5) is 2.08. The maximum Gasteiger partial charge on any atom is 0.128 e. The van der Waals surface area contributed by atoms with E-state index in [4.69, 9.17) is 0 Å². The first-order valence-corrected chi connectivity index (χ1v) is 4.69. The molecule has 2 rings (SSSR count). The molecule has 1 aromatic rings. The average Bonchev–Trinajstić information content (AvgIpc) is 2.09. The van der Waals surface area contributed by atoms with Crippen molar-refractivity contribution in [2.75, 3.05) is 13.1 Å². The lowest BCUT2D eigenvalue weighted by atomic mass is 10.1. The lowest BCUT2D eigenvalue weighted by molar-refractivity contribution is 0.170. The summed E-state index contributed by atoms with van der Waals surface area (Å²) in [6, 6.07) is 2.29. The molecule has 0 spiro atoms. The van der Waals surface area contributed by atoms with E-state index in [2.05, 4.69) is 11.8 Å². The molecule has 1 aromatic carbocycles. The third kappa shape index (κ3) is 1.64. The van der Waals surface area contributed by atoms with Crippen LogP contribution in [0.3, 0.4) is 0 Å². The largest absolute Gasteiger partial charge is 0.299 e. The Labute approximate surface area is 82.3 Å². The van der Waals surface area contributed by atoms with Gasteiger partial charge < -0.3 is 0 Å². The van der Waals surface area contributed by atoms with Crippen LogP contribution >= 0.6 is 0 Å². The first kappa shape index (κ1) is 9.59. The Bertz CT molecular complexity index is 345. The maximum absolute atomic E-state index is 13.3. The summed E-state index contributed by atoms with van der Waals surface area (Å²) in [6.07, 6.45) is 1.14. The van der Waals surface area contributed by atoms with Gasteiger partial charge >= 0.3 is 0 Å². The van der Waals surface area contributed by atoms with Crippen LogP contribution in [0, 0.1) is 18.6 Å². The minimum absolute atomic E-state index is 0.192. The predicted molar refractivity (Wildman–Crippen MR) is 50.7 cm³/mol. The average molecular weight is 196 g/mol. The van der Waals surface area contributed by atoms with Gasteiger partial charge in [-0.15, -0.1) is 0 Å². The van der Waals surface area contributed by atoms with E-state index in [1.165, 1.54) is 6.07 Å². The molecule has 0 atom stereocenters. The number of rotatable bonds is 2. The van der Waals surface area contributed by atoms with Crippen LogP contribution < -0.4 is 0 Å². The van der Waals surface area contributed by atoms with Gasteiger partial charge in [-0.2, -0.15) is 0 Å². The van der Waals surface area contributed by atoms with E-state index in [9.17, 15) is 8.78 Å². The van der Waals surface area contributed by atoms with Crippen LogP contribution in [0.15, 0.2) is 12.1 Å². The van der Waals surface area contributed by atoms with E-state index in [1.54, 1.807) is 0 Å². The van der Waals surface area contributed by atoms with E-state index in [1.807, 2.05) is 0 Å². The van der Waals surface area contributed by atoms with E-state index < -0.39 is 5.82 Å². The second-order valence-corrected chi connectivity index (χ2v) is 3.62. The van der Waals surface area contributed by atoms with Crippen molar-refractivity contribution < 1.29 is 8.78 Å². The second-order valence-electron chi connectivity index (χ2n) is 3.62. The topological polar surface area (TPSA) is 3.24 Å². The zero-order valence-corrected chi connectivity index (χ0v) is 7.89. The van der Waals surface area contributed by atoms with E-state index in [0.717, 1.165) is 25.6 Å². The van der Waals surface area contributed by atoms with Crippen LogP contribution in [0.1, 0.15) is 17.5 Å². The Balaban J connectivity index is 2.25. The van der Waals surface area contributed by atoms with Crippen molar-refractivity contribution >= 4 is 0 Å². The molecule has 1 aliphatic rings. The van der Waals surface area contributed by atoms with Crippen LogP contribution in [0.25, 0.3) is 0 Å². The van der Waals surface area contributed by atoms with Crippen LogP contribution in [0.4, 0.5) is 8.78 Å². The molecule has 1 fully saturated rings.